The molecule has 7 nitrogen and oxygen atoms in total. The second kappa shape index (κ2) is 8.59. The van der Waals surface area contributed by atoms with Crippen molar-refractivity contribution in [2.75, 3.05) is 32.1 Å². The number of carbonyl (C=O) groups excluding carboxylic acids is 2. The van der Waals surface area contributed by atoms with Crippen molar-refractivity contribution in [1.82, 2.24) is 4.98 Å². The number of rotatable bonds is 6. The Morgan fingerprint density at radius 2 is 1.97 bits per heavy atom. The summed E-state index contributed by atoms with van der Waals surface area (Å²) in [7, 11) is 1.58. The van der Waals surface area contributed by atoms with Gasteiger partial charge in [0.15, 0.2) is 6.54 Å². The highest BCUT2D eigenvalue weighted by Crippen LogP contribution is 2.31. The number of ether oxygens (including phenoxy) is 2. The van der Waals surface area contributed by atoms with E-state index in [1.54, 1.807) is 26.2 Å². The van der Waals surface area contributed by atoms with Crippen LogP contribution in [0.1, 0.15) is 28.5 Å². The number of esters is 1. The molecule has 1 aliphatic rings. The van der Waals surface area contributed by atoms with E-state index >= 15 is 0 Å². The van der Waals surface area contributed by atoms with E-state index < -0.39 is 5.97 Å². The van der Waals surface area contributed by atoms with Crippen LogP contribution in [0.15, 0.2) is 42.5 Å². The van der Waals surface area contributed by atoms with Gasteiger partial charge in [-0.1, -0.05) is 24.3 Å². The van der Waals surface area contributed by atoms with E-state index in [9.17, 15) is 9.59 Å². The van der Waals surface area contributed by atoms with Crippen LogP contribution in [0.25, 0.3) is 10.9 Å². The van der Waals surface area contributed by atoms with Gasteiger partial charge in [0.25, 0.3) is 5.91 Å². The molecule has 0 saturated heterocycles. The van der Waals surface area contributed by atoms with Gasteiger partial charge in [-0.3, -0.25) is 4.79 Å². The van der Waals surface area contributed by atoms with E-state index in [0.717, 1.165) is 25.0 Å². The van der Waals surface area contributed by atoms with E-state index in [2.05, 4.69) is 28.5 Å². The SMILES string of the molecule is CCOC(=O)c1[nH]c2ccc(OC)cc2c1NC(=O)C[NH+]1CCc2ccccc2C1. The lowest BCUT2D eigenvalue weighted by Crippen LogP contribution is -3.12. The van der Waals surface area contributed by atoms with Gasteiger partial charge in [0, 0.05) is 22.9 Å². The summed E-state index contributed by atoms with van der Waals surface area (Å²) in [4.78, 5) is 29.6. The first-order chi connectivity index (χ1) is 14.6. The molecule has 2 aromatic carbocycles. The molecule has 1 amide bonds. The topological polar surface area (TPSA) is 84.9 Å². The highest BCUT2D eigenvalue weighted by Gasteiger charge is 2.25. The first-order valence-corrected chi connectivity index (χ1v) is 10.2. The van der Waals surface area contributed by atoms with Gasteiger partial charge in [-0.15, -0.1) is 0 Å². The molecule has 0 spiro atoms. The molecular formula is C23H26N3O4+. The summed E-state index contributed by atoms with van der Waals surface area (Å²) in [6.45, 7) is 4.04. The minimum Gasteiger partial charge on any atom is -0.497 e. The molecule has 1 aliphatic heterocycles. The van der Waals surface area contributed by atoms with Crippen LogP contribution in [0, 0.1) is 0 Å². The van der Waals surface area contributed by atoms with Crippen LogP contribution in [-0.4, -0.2) is 43.7 Å². The van der Waals surface area contributed by atoms with Gasteiger partial charge in [0.05, 0.1) is 25.9 Å². The molecule has 3 N–H and O–H groups in total. The zero-order valence-corrected chi connectivity index (χ0v) is 17.2. The average molecular weight is 408 g/mol. The third kappa shape index (κ3) is 4.02. The maximum atomic E-state index is 12.9. The van der Waals surface area contributed by atoms with Crippen LogP contribution in [0.5, 0.6) is 5.75 Å². The summed E-state index contributed by atoms with van der Waals surface area (Å²) < 4.78 is 10.5. The number of hydrogen-bond donors (Lipinski definition) is 3. The molecule has 7 heteroatoms. The summed E-state index contributed by atoms with van der Waals surface area (Å²) in [5, 5.41) is 3.66. The largest absolute Gasteiger partial charge is 0.497 e. The molecule has 1 unspecified atom stereocenters. The number of nitrogens with one attached hydrogen (secondary N) is 3. The number of hydrogen-bond acceptors (Lipinski definition) is 4. The van der Waals surface area contributed by atoms with Crippen molar-refractivity contribution in [2.24, 2.45) is 0 Å². The minimum atomic E-state index is -0.498. The molecular weight excluding hydrogens is 382 g/mol. The molecule has 0 fully saturated rings. The Labute approximate surface area is 175 Å². The molecule has 30 heavy (non-hydrogen) atoms. The zero-order chi connectivity index (χ0) is 21.1. The Bertz CT molecular complexity index is 1090. The maximum Gasteiger partial charge on any atom is 0.356 e. The molecule has 0 bridgehead atoms. The highest BCUT2D eigenvalue weighted by molar-refractivity contribution is 6.11. The molecule has 1 atom stereocenters. The standard InChI is InChI=1S/C23H25N3O4/c1-3-30-23(28)22-21(18-12-17(29-2)8-9-19(18)24-22)25-20(27)14-26-11-10-15-6-4-5-7-16(15)13-26/h4-9,12,24H,3,10-11,13-14H2,1-2H3,(H,25,27)/p+1. The van der Waals surface area contributed by atoms with E-state index in [1.165, 1.54) is 16.0 Å². The second-order valence-corrected chi connectivity index (χ2v) is 7.43. The fourth-order valence-electron chi connectivity index (χ4n) is 3.99. The third-order valence-corrected chi connectivity index (χ3v) is 5.47. The first kappa shape index (κ1) is 20.0. The number of amides is 1. The molecule has 156 valence electrons. The van der Waals surface area contributed by atoms with Gasteiger partial charge < -0.3 is 24.7 Å². The van der Waals surface area contributed by atoms with Crippen LogP contribution in [-0.2, 0) is 22.5 Å². The number of benzene rings is 2. The Hall–Kier alpha value is -3.32. The lowest BCUT2D eigenvalue weighted by Gasteiger charge is -2.25. The Morgan fingerprint density at radius 1 is 1.17 bits per heavy atom. The monoisotopic (exact) mass is 408 g/mol. The summed E-state index contributed by atoms with van der Waals surface area (Å²) in [6, 6.07) is 13.8. The number of quaternary nitrogens is 1. The van der Waals surface area contributed by atoms with Crippen LogP contribution < -0.4 is 15.0 Å². The number of methoxy groups -OCH3 is 1. The number of aromatic amines is 1. The van der Waals surface area contributed by atoms with Crippen molar-refractivity contribution in [1.29, 1.82) is 0 Å². The Balaban J connectivity index is 1.56. The van der Waals surface area contributed by atoms with Crippen molar-refractivity contribution in [2.45, 2.75) is 19.9 Å². The van der Waals surface area contributed by atoms with Crippen molar-refractivity contribution in [3.05, 3.63) is 59.3 Å². The van der Waals surface area contributed by atoms with E-state index in [-0.39, 0.29) is 18.2 Å². The molecule has 2 heterocycles. The summed E-state index contributed by atoms with van der Waals surface area (Å²) in [5.41, 5.74) is 4.05. The summed E-state index contributed by atoms with van der Waals surface area (Å²) >= 11 is 0. The summed E-state index contributed by atoms with van der Waals surface area (Å²) in [6.07, 6.45) is 0.956. The van der Waals surface area contributed by atoms with E-state index in [0.29, 0.717) is 23.4 Å². The van der Waals surface area contributed by atoms with Crippen molar-refractivity contribution < 1.29 is 24.0 Å². The van der Waals surface area contributed by atoms with Gasteiger partial charge in [0.1, 0.15) is 18.0 Å². The fourth-order valence-corrected chi connectivity index (χ4v) is 3.99. The van der Waals surface area contributed by atoms with Gasteiger partial charge in [0.2, 0.25) is 0 Å². The van der Waals surface area contributed by atoms with E-state index in [1.807, 2.05) is 12.1 Å². The van der Waals surface area contributed by atoms with Crippen LogP contribution in [0.2, 0.25) is 0 Å². The van der Waals surface area contributed by atoms with Crippen LogP contribution >= 0.6 is 0 Å². The average Bonchev–Trinajstić information content (AvgIpc) is 3.11. The van der Waals surface area contributed by atoms with Gasteiger partial charge >= 0.3 is 5.97 Å². The predicted molar refractivity (Wildman–Crippen MR) is 114 cm³/mol. The molecule has 0 aliphatic carbocycles. The number of fused-ring (bicyclic) bond motifs is 2. The van der Waals surface area contributed by atoms with Crippen LogP contribution in [0.3, 0.4) is 0 Å². The number of carbonyl (C=O) groups is 2. The lowest BCUT2D eigenvalue weighted by molar-refractivity contribution is -0.907. The lowest BCUT2D eigenvalue weighted by atomic mass is 10.00. The normalized spacial score (nSPS) is 15.5. The predicted octanol–water partition coefficient (Wildman–Crippen LogP) is 1.93. The highest BCUT2D eigenvalue weighted by atomic mass is 16.5. The minimum absolute atomic E-state index is 0.140. The zero-order valence-electron chi connectivity index (χ0n) is 17.2. The molecule has 0 saturated carbocycles. The van der Waals surface area contributed by atoms with Crippen molar-refractivity contribution >= 4 is 28.5 Å². The molecule has 1 aromatic heterocycles. The molecule has 3 aromatic rings. The summed E-state index contributed by atoms with van der Waals surface area (Å²) in [5.74, 6) is 0.00605. The van der Waals surface area contributed by atoms with Gasteiger partial charge in [-0.25, -0.2) is 4.79 Å². The number of H-pyrrole nitrogens is 1. The number of aromatic nitrogens is 1. The Kier molecular flexibility index (Phi) is 5.72. The fraction of sp³-hybridized carbons (Fsp3) is 0.304. The second-order valence-electron chi connectivity index (χ2n) is 7.43. The smallest absolute Gasteiger partial charge is 0.356 e. The van der Waals surface area contributed by atoms with E-state index in [4.69, 9.17) is 9.47 Å². The van der Waals surface area contributed by atoms with Crippen molar-refractivity contribution in [3.8, 4) is 5.75 Å². The third-order valence-electron chi connectivity index (χ3n) is 5.47. The van der Waals surface area contributed by atoms with Gasteiger partial charge in [-0.2, -0.15) is 0 Å². The first-order valence-electron chi connectivity index (χ1n) is 10.2. The number of anilines is 1. The van der Waals surface area contributed by atoms with Gasteiger partial charge in [-0.05, 0) is 30.7 Å². The van der Waals surface area contributed by atoms with Crippen molar-refractivity contribution in [3.63, 3.8) is 0 Å². The molecule has 0 radical (unpaired) electrons. The Morgan fingerprint density at radius 3 is 2.73 bits per heavy atom. The molecule has 4 rings (SSSR count). The maximum absolute atomic E-state index is 12.9. The van der Waals surface area contributed by atoms with Crippen LogP contribution in [0.4, 0.5) is 5.69 Å². The quantitative estimate of drug-likeness (QED) is 0.544.